The standard InChI is InChI=1S/C13H17FNO2/c1-4-9-8-10-11(14)6-5-7-12(10)15(9,2)13(16)17-3/h5-7,9H,4,8H2,1-3H3/q+1. The van der Waals surface area contributed by atoms with Crippen molar-refractivity contribution in [2.24, 2.45) is 0 Å². The molecule has 0 aromatic heterocycles. The first-order valence-electron chi connectivity index (χ1n) is 5.78. The Kier molecular flexibility index (Phi) is 2.91. The van der Waals surface area contributed by atoms with Crippen LogP contribution in [0.4, 0.5) is 14.9 Å². The van der Waals surface area contributed by atoms with Crippen LogP contribution in [0.2, 0.25) is 0 Å². The molecule has 2 unspecified atom stereocenters. The third-order valence-electron chi connectivity index (χ3n) is 3.79. The van der Waals surface area contributed by atoms with Gasteiger partial charge in [0.2, 0.25) is 0 Å². The van der Waals surface area contributed by atoms with Crippen LogP contribution in [0.3, 0.4) is 0 Å². The molecule has 1 heterocycles. The zero-order chi connectivity index (χ0) is 12.6. The summed E-state index contributed by atoms with van der Waals surface area (Å²) < 4.78 is 18.7. The van der Waals surface area contributed by atoms with E-state index in [0.717, 1.165) is 12.1 Å². The zero-order valence-corrected chi connectivity index (χ0v) is 10.4. The van der Waals surface area contributed by atoms with Gasteiger partial charge in [-0.15, -0.1) is 0 Å². The average Bonchev–Trinajstić information content (AvgIpc) is 2.64. The van der Waals surface area contributed by atoms with Gasteiger partial charge in [0.05, 0.1) is 19.7 Å². The smallest absolute Gasteiger partial charge is 0.423 e. The van der Waals surface area contributed by atoms with E-state index in [1.165, 1.54) is 13.2 Å². The Balaban J connectivity index is 2.59. The second-order valence-electron chi connectivity index (χ2n) is 4.55. The highest BCUT2D eigenvalue weighted by molar-refractivity contribution is 5.85. The van der Waals surface area contributed by atoms with Gasteiger partial charge in [-0.2, -0.15) is 9.28 Å². The molecule has 0 fully saturated rings. The van der Waals surface area contributed by atoms with Gasteiger partial charge in [0.15, 0.2) is 0 Å². The second-order valence-corrected chi connectivity index (χ2v) is 4.55. The van der Waals surface area contributed by atoms with Gasteiger partial charge in [-0.05, 0) is 12.5 Å². The van der Waals surface area contributed by atoms with Gasteiger partial charge in [-0.1, -0.05) is 13.0 Å². The summed E-state index contributed by atoms with van der Waals surface area (Å²) in [6.45, 7) is 2.01. The number of halogens is 1. The van der Waals surface area contributed by atoms with E-state index in [0.29, 0.717) is 12.0 Å². The molecule has 2 rings (SSSR count). The molecule has 0 saturated heterocycles. The minimum atomic E-state index is -0.332. The first kappa shape index (κ1) is 12.0. The Bertz CT molecular complexity index is 461. The average molecular weight is 238 g/mol. The number of hydrogen-bond donors (Lipinski definition) is 0. The summed E-state index contributed by atoms with van der Waals surface area (Å²) in [4.78, 5) is 12.0. The van der Waals surface area contributed by atoms with Crippen LogP contribution in [-0.4, -0.2) is 26.3 Å². The maximum absolute atomic E-state index is 13.7. The zero-order valence-electron chi connectivity index (χ0n) is 10.4. The highest BCUT2D eigenvalue weighted by atomic mass is 19.1. The Morgan fingerprint density at radius 3 is 2.88 bits per heavy atom. The van der Waals surface area contributed by atoms with Gasteiger partial charge in [-0.3, -0.25) is 0 Å². The second kappa shape index (κ2) is 4.11. The number of benzene rings is 1. The lowest BCUT2D eigenvalue weighted by Gasteiger charge is -2.30. The van der Waals surface area contributed by atoms with Crippen LogP contribution < -0.4 is 4.48 Å². The summed E-state index contributed by atoms with van der Waals surface area (Å²) >= 11 is 0. The van der Waals surface area contributed by atoms with Gasteiger partial charge in [0.1, 0.15) is 17.5 Å². The number of carbonyl (C=O) groups is 1. The molecule has 92 valence electrons. The number of quaternary nitrogens is 1. The fourth-order valence-corrected chi connectivity index (χ4v) is 2.75. The summed E-state index contributed by atoms with van der Waals surface area (Å²) in [5, 5.41) is 0. The van der Waals surface area contributed by atoms with Crippen molar-refractivity contribution in [3.8, 4) is 0 Å². The van der Waals surface area contributed by atoms with Crippen LogP contribution in [0, 0.1) is 5.82 Å². The van der Waals surface area contributed by atoms with Crippen molar-refractivity contribution in [2.75, 3.05) is 14.2 Å². The molecular formula is C13H17FNO2+. The van der Waals surface area contributed by atoms with Gasteiger partial charge in [0.25, 0.3) is 0 Å². The molecular weight excluding hydrogens is 221 g/mol. The minimum absolute atomic E-state index is 0.0418. The largest absolute Gasteiger partial charge is 0.520 e. The van der Waals surface area contributed by atoms with E-state index >= 15 is 0 Å². The van der Waals surface area contributed by atoms with E-state index < -0.39 is 0 Å². The Morgan fingerprint density at radius 2 is 2.29 bits per heavy atom. The molecule has 0 saturated carbocycles. The number of nitrogens with zero attached hydrogens (tertiary/aromatic N) is 1. The van der Waals surface area contributed by atoms with E-state index in [4.69, 9.17) is 4.74 Å². The predicted molar refractivity (Wildman–Crippen MR) is 64.3 cm³/mol. The Morgan fingerprint density at radius 1 is 1.59 bits per heavy atom. The van der Waals surface area contributed by atoms with E-state index in [9.17, 15) is 9.18 Å². The van der Waals surface area contributed by atoms with Crippen molar-refractivity contribution in [2.45, 2.75) is 25.8 Å². The molecule has 0 spiro atoms. The summed E-state index contributed by atoms with van der Waals surface area (Å²) in [5.41, 5.74) is 1.37. The molecule has 1 aliphatic heterocycles. The third kappa shape index (κ3) is 1.55. The number of likely N-dealkylation sites (N-methyl/N-ethyl adjacent to an activating group) is 1. The molecule has 0 radical (unpaired) electrons. The number of rotatable bonds is 1. The normalized spacial score (nSPS) is 26.7. The van der Waals surface area contributed by atoms with Gasteiger partial charge in [0, 0.05) is 12.5 Å². The lowest BCUT2D eigenvalue weighted by Crippen LogP contribution is -2.55. The van der Waals surface area contributed by atoms with Crippen molar-refractivity contribution in [3.63, 3.8) is 0 Å². The van der Waals surface area contributed by atoms with Crippen LogP contribution in [-0.2, 0) is 11.2 Å². The molecule has 1 amide bonds. The predicted octanol–water partition coefficient (Wildman–Crippen LogP) is 2.86. The van der Waals surface area contributed by atoms with Crippen molar-refractivity contribution in [1.82, 2.24) is 4.48 Å². The summed E-state index contributed by atoms with van der Waals surface area (Å²) in [6.07, 6.45) is 1.06. The minimum Gasteiger partial charge on any atom is -0.423 e. The Hall–Kier alpha value is -1.42. The van der Waals surface area contributed by atoms with Gasteiger partial charge >= 0.3 is 6.09 Å². The topological polar surface area (TPSA) is 26.3 Å². The molecule has 0 aliphatic carbocycles. The molecule has 1 aromatic carbocycles. The SMILES string of the molecule is CCC1Cc2c(F)cccc2[N+]1(C)C(=O)OC. The highest BCUT2D eigenvalue weighted by Gasteiger charge is 2.50. The molecule has 1 aromatic rings. The molecule has 2 atom stereocenters. The van der Waals surface area contributed by atoms with E-state index in [1.807, 2.05) is 13.0 Å². The quantitative estimate of drug-likeness (QED) is 0.703. The van der Waals surface area contributed by atoms with Gasteiger partial charge in [-0.25, -0.2) is 4.39 Å². The van der Waals surface area contributed by atoms with Crippen molar-refractivity contribution >= 4 is 11.8 Å². The Labute approximate surface area is 100 Å². The molecule has 4 heteroatoms. The van der Waals surface area contributed by atoms with Crippen molar-refractivity contribution < 1.29 is 13.9 Å². The lowest BCUT2D eigenvalue weighted by atomic mass is 10.1. The summed E-state index contributed by atoms with van der Waals surface area (Å²) in [5.74, 6) is -0.230. The molecule has 17 heavy (non-hydrogen) atoms. The number of carbonyl (C=O) groups excluding carboxylic acids is 1. The lowest BCUT2D eigenvalue weighted by molar-refractivity contribution is 0.122. The first-order chi connectivity index (χ1) is 8.05. The summed E-state index contributed by atoms with van der Waals surface area (Å²) in [7, 11) is 3.17. The monoisotopic (exact) mass is 238 g/mol. The molecule has 3 nitrogen and oxygen atoms in total. The number of methoxy groups -OCH3 is 1. The molecule has 1 aliphatic rings. The number of fused-ring (bicyclic) bond motifs is 1. The van der Waals surface area contributed by atoms with E-state index in [-0.39, 0.29) is 22.4 Å². The van der Waals surface area contributed by atoms with Gasteiger partial charge < -0.3 is 4.74 Å². The van der Waals surface area contributed by atoms with Crippen LogP contribution >= 0.6 is 0 Å². The first-order valence-corrected chi connectivity index (χ1v) is 5.78. The maximum atomic E-state index is 13.7. The molecule has 0 bridgehead atoms. The fraction of sp³-hybridized carbons (Fsp3) is 0.462. The molecule has 0 N–H and O–H groups in total. The van der Waals surface area contributed by atoms with Crippen molar-refractivity contribution in [1.29, 1.82) is 0 Å². The maximum Gasteiger partial charge on any atom is 0.520 e. The highest BCUT2D eigenvalue weighted by Crippen LogP contribution is 2.40. The fourth-order valence-electron chi connectivity index (χ4n) is 2.75. The number of amides is 1. The number of hydrogen-bond acceptors (Lipinski definition) is 2. The van der Waals surface area contributed by atoms with Crippen LogP contribution in [0.25, 0.3) is 0 Å². The summed E-state index contributed by atoms with van der Waals surface area (Å²) in [6, 6.07) is 4.95. The van der Waals surface area contributed by atoms with Crippen LogP contribution in [0.5, 0.6) is 0 Å². The number of ether oxygens (including phenoxy) is 1. The van der Waals surface area contributed by atoms with Crippen LogP contribution in [0.1, 0.15) is 18.9 Å². The van der Waals surface area contributed by atoms with E-state index in [1.54, 1.807) is 13.1 Å². The van der Waals surface area contributed by atoms with Crippen LogP contribution in [0.15, 0.2) is 18.2 Å². The van der Waals surface area contributed by atoms with E-state index in [2.05, 4.69) is 0 Å². The van der Waals surface area contributed by atoms with Crippen molar-refractivity contribution in [3.05, 3.63) is 29.6 Å². The third-order valence-corrected chi connectivity index (χ3v) is 3.79.